The number of para-hydroxylation sites is 1. The minimum absolute atomic E-state index is 0.110. The number of nitrogens with one attached hydrogen (secondary N) is 1. The van der Waals surface area contributed by atoms with Gasteiger partial charge in [0, 0.05) is 5.39 Å². The first-order valence-electron chi connectivity index (χ1n) is 6.54. The number of aromatic amines is 1. The Hall–Kier alpha value is -3.15. The van der Waals surface area contributed by atoms with Crippen molar-refractivity contribution in [3.05, 3.63) is 53.8 Å². The van der Waals surface area contributed by atoms with E-state index in [1.165, 1.54) is 12.1 Å². The molecular formula is C16H9FN2O3. The highest BCUT2D eigenvalue weighted by atomic mass is 19.1. The number of rotatable bonds is 2. The molecule has 108 valence electrons. The number of H-pyrrole nitrogens is 1. The molecule has 0 radical (unpaired) electrons. The van der Waals surface area contributed by atoms with Gasteiger partial charge in [-0.2, -0.15) is 5.10 Å². The summed E-state index contributed by atoms with van der Waals surface area (Å²) in [4.78, 5) is 11.1. The molecule has 22 heavy (non-hydrogen) atoms. The fourth-order valence-corrected chi connectivity index (χ4v) is 2.51. The van der Waals surface area contributed by atoms with Crippen LogP contribution >= 0.6 is 0 Å². The summed E-state index contributed by atoms with van der Waals surface area (Å²) in [6, 6.07) is 11.8. The SMILES string of the molecule is O=C(O)c1ccc2[nH]nc(-c3cc4ccccc4o3)c2c1F. The van der Waals surface area contributed by atoms with Gasteiger partial charge < -0.3 is 9.52 Å². The number of hydrogen-bond donors (Lipinski definition) is 2. The van der Waals surface area contributed by atoms with Crippen molar-refractivity contribution in [2.75, 3.05) is 0 Å². The number of nitrogens with zero attached hydrogens (tertiary/aromatic N) is 1. The smallest absolute Gasteiger partial charge is 0.338 e. The second-order valence-electron chi connectivity index (χ2n) is 4.88. The molecule has 2 aromatic carbocycles. The van der Waals surface area contributed by atoms with E-state index in [-0.39, 0.29) is 11.1 Å². The summed E-state index contributed by atoms with van der Waals surface area (Å²) in [5, 5.41) is 16.8. The number of benzene rings is 2. The van der Waals surface area contributed by atoms with Gasteiger partial charge in [-0.1, -0.05) is 18.2 Å². The third kappa shape index (κ3) is 1.70. The van der Waals surface area contributed by atoms with Gasteiger partial charge in [-0.05, 0) is 24.3 Å². The molecule has 0 bridgehead atoms. The Morgan fingerprint density at radius 2 is 2.05 bits per heavy atom. The van der Waals surface area contributed by atoms with Crippen LogP contribution in [0.15, 0.2) is 46.9 Å². The van der Waals surface area contributed by atoms with Crippen molar-refractivity contribution in [1.82, 2.24) is 10.2 Å². The molecule has 2 N–H and O–H groups in total. The molecule has 0 aliphatic heterocycles. The normalized spacial score (nSPS) is 11.3. The first-order valence-corrected chi connectivity index (χ1v) is 6.54. The number of furan rings is 1. The van der Waals surface area contributed by atoms with Gasteiger partial charge in [0.25, 0.3) is 0 Å². The highest BCUT2D eigenvalue weighted by molar-refractivity contribution is 6.00. The largest absolute Gasteiger partial charge is 0.478 e. The van der Waals surface area contributed by atoms with E-state index in [1.807, 2.05) is 18.2 Å². The van der Waals surface area contributed by atoms with Crippen LogP contribution in [0.3, 0.4) is 0 Å². The quantitative estimate of drug-likeness (QED) is 0.589. The van der Waals surface area contributed by atoms with Crippen LogP contribution in [-0.2, 0) is 0 Å². The maximum Gasteiger partial charge on any atom is 0.338 e. The Balaban J connectivity index is 2.02. The topological polar surface area (TPSA) is 79.1 Å². The lowest BCUT2D eigenvalue weighted by molar-refractivity contribution is 0.0692. The summed E-state index contributed by atoms with van der Waals surface area (Å²) in [5.74, 6) is -1.76. The highest BCUT2D eigenvalue weighted by Crippen LogP contribution is 2.33. The highest BCUT2D eigenvalue weighted by Gasteiger charge is 2.21. The van der Waals surface area contributed by atoms with Crippen LogP contribution in [-0.4, -0.2) is 21.3 Å². The zero-order valence-corrected chi connectivity index (χ0v) is 11.1. The lowest BCUT2D eigenvalue weighted by Gasteiger charge is -1.99. The van der Waals surface area contributed by atoms with Crippen molar-refractivity contribution in [2.45, 2.75) is 0 Å². The number of carboxylic acids is 1. The molecule has 0 atom stereocenters. The molecule has 5 nitrogen and oxygen atoms in total. The van der Waals surface area contributed by atoms with Crippen LogP contribution in [0, 0.1) is 5.82 Å². The molecule has 0 aliphatic rings. The van der Waals surface area contributed by atoms with Crippen molar-refractivity contribution in [2.24, 2.45) is 0 Å². The molecule has 0 unspecified atom stereocenters. The zero-order valence-electron chi connectivity index (χ0n) is 11.1. The number of hydrogen-bond acceptors (Lipinski definition) is 3. The van der Waals surface area contributed by atoms with Gasteiger partial charge in [-0.25, -0.2) is 9.18 Å². The second-order valence-corrected chi connectivity index (χ2v) is 4.88. The fraction of sp³-hybridized carbons (Fsp3) is 0. The Morgan fingerprint density at radius 1 is 1.23 bits per heavy atom. The van der Waals surface area contributed by atoms with Crippen LogP contribution < -0.4 is 0 Å². The van der Waals surface area contributed by atoms with Gasteiger partial charge in [-0.3, -0.25) is 5.10 Å². The van der Waals surface area contributed by atoms with E-state index in [1.54, 1.807) is 12.1 Å². The first kappa shape index (κ1) is 12.6. The van der Waals surface area contributed by atoms with Crippen molar-refractivity contribution in [3.63, 3.8) is 0 Å². The predicted molar refractivity (Wildman–Crippen MR) is 78.2 cm³/mol. The van der Waals surface area contributed by atoms with E-state index >= 15 is 0 Å². The van der Waals surface area contributed by atoms with E-state index in [9.17, 15) is 9.18 Å². The summed E-state index contributed by atoms with van der Waals surface area (Å²) in [7, 11) is 0. The van der Waals surface area contributed by atoms with Crippen LogP contribution in [0.2, 0.25) is 0 Å². The van der Waals surface area contributed by atoms with E-state index < -0.39 is 17.3 Å². The van der Waals surface area contributed by atoms with Gasteiger partial charge in [0.15, 0.2) is 5.76 Å². The van der Waals surface area contributed by atoms with E-state index in [2.05, 4.69) is 10.2 Å². The molecule has 4 rings (SSSR count). The van der Waals surface area contributed by atoms with Crippen LogP contribution in [0.1, 0.15) is 10.4 Å². The number of fused-ring (bicyclic) bond motifs is 2. The fourth-order valence-electron chi connectivity index (χ4n) is 2.51. The second kappa shape index (κ2) is 4.42. The molecule has 0 saturated carbocycles. The van der Waals surface area contributed by atoms with Gasteiger partial charge in [-0.15, -0.1) is 0 Å². The van der Waals surface area contributed by atoms with Crippen molar-refractivity contribution in [3.8, 4) is 11.5 Å². The Bertz CT molecular complexity index is 999. The lowest BCUT2D eigenvalue weighted by atomic mass is 10.1. The summed E-state index contributed by atoms with van der Waals surface area (Å²) in [5.41, 5.74) is 0.930. The number of aromatic carboxylic acids is 1. The molecule has 0 fully saturated rings. The summed E-state index contributed by atoms with van der Waals surface area (Å²) in [6.45, 7) is 0. The van der Waals surface area contributed by atoms with Crippen LogP contribution in [0.5, 0.6) is 0 Å². The van der Waals surface area contributed by atoms with Gasteiger partial charge in [0.05, 0.1) is 16.5 Å². The van der Waals surface area contributed by atoms with Crippen LogP contribution in [0.25, 0.3) is 33.3 Å². The number of halogens is 1. The summed E-state index contributed by atoms with van der Waals surface area (Å²) >= 11 is 0. The molecule has 2 aromatic heterocycles. The first-order chi connectivity index (χ1) is 10.6. The van der Waals surface area contributed by atoms with Crippen molar-refractivity contribution in [1.29, 1.82) is 0 Å². The molecule has 0 aliphatic carbocycles. The van der Waals surface area contributed by atoms with Crippen molar-refractivity contribution < 1.29 is 18.7 Å². The number of carboxylic acid groups (broad SMARTS) is 1. The van der Waals surface area contributed by atoms with E-state index in [0.29, 0.717) is 16.9 Å². The molecule has 0 amide bonds. The predicted octanol–water partition coefficient (Wildman–Crippen LogP) is 3.81. The van der Waals surface area contributed by atoms with Gasteiger partial charge >= 0.3 is 5.97 Å². The van der Waals surface area contributed by atoms with Crippen molar-refractivity contribution >= 4 is 27.8 Å². The third-order valence-electron chi connectivity index (χ3n) is 3.56. The molecular weight excluding hydrogens is 287 g/mol. The third-order valence-corrected chi connectivity index (χ3v) is 3.56. The summed E-state index contributed by atoms with van der Waals surface area (Å²) < 4.78 is 20.2. The molecule has 0 saturated heterocycles. The maximum atomic E-state index is 14.5. The summed E-state index contributed by atoms with van der Waals surface area (Å²) in [6.07, 6.45) is 0. The Labute approximate surface area is 123 Å². The molecule has 0 spiro atoms. The average Bonchev–Trinajstić information content (AvgIpc) is 3.10. The van der Waals surface area contributed by atoms with E-state index in [4.69, 9.17) is 9.52 Å². The van der Waals surface area contributed by atoms with E-state index in [0.717, 1.165) is 5.39 Å². The molecule has 6 heteroatoms. The minimum atomic E-state index is -1.32. The minimum Gasteiger partial charge on any atom is -0.478 e. The maximum absolute atomic E-state index is 14.5. The molecule has 4 aromatic rings. The Morgan fingerprint density at radius 3 is 2.82 bits per heavy atom. The Kier molecular flexibility index (Phi) is 2.53. The van der Waals surface area contributed by atoms with Crippen LogP contribution in [0.4, 0.5) is 4.39 Å². The monoisotopic (exact) mass is 296 g/mol. The van der Waals surface area contributed by atoms with Gasteiger partial charge in [0.2, 0.25) is 0 Å². The molecule has 2 heterocycles. The lowest BCUT2D eigenvalue weighted by Crippen LogP contribution is -2.00. The average molecular weight is 296 g/mol. The van der Waals surface area contributed by atoms with Gasteiger partial charge in [0.1, 0.15) is 17.1 Å². The zero-order chi connectivity index (χ0) is 15.3. The number of aromatic nitrogens is 2. The standard InChI is InChI=1S/C16H9FN2O3/c17-14-9(16(20)21)5-6-10-13(14)15(19-18-10)12-7-8-3-1-2-4-11(8)22-12/h1-7H,(H,18,19)(H,20,21). The number of carbonyl (C=O) groups is 1.